The predicted octanol–water partition coefficient (Wildman–Crippen LogP) is 1.44. The van der Waals surface area contributed by atoms with Crippen LogP contribution in [0.5, 0.6) is 0 Å². The Hall–Kier alpha value is -2.70. The molecule has 1 aliphatic rings. The Kier molecular flexibility index (Phi) is 5.77. The third kappa shape index (κ3) is 5.41. The van der Waals surface area contributed by atoms with Crippen LogP contribution in [-0.2, 0) is 16.1 Å². The summed E-state index contributed by atoms with van der Waals surface area (Å²) >= 11 is 0. The maximum atomic E-state index is 12.3. The summed E-state index contributed by atoms with van der Waals surface area (Å²) in [5, 5.41) is 10.0. The van der Waals surface area contributed by atoms with Crippen molar-refractivity contribution in [2.45, 2.75) is 38.3 Å². The summed E-state index contributed by atoms with van der Waals surface area (Å²) in [4.78, 5) is 27.8. The highest BCUT2D eigenvalue weighted by atomic mass is 16.2. The van der Waals surface area contributed by atoms with Crippen LogP contribution < -0.4 is 10.6 Å². The molecule has 7 heteroatoms. The van der Waals surface area contributed by atoms with Crippen molar-refractivity contribution < 1.29 is 9.59 Å². The van der Waals surface area contributed by atoms with Gasteiger partial charge in [0.25, 0.3) is 0 Å². The Bertz CT molecular complexity index is 683. The lowest BCUT2D eigenvalue weighted by atomic mass is 10.1. The largest absolute Gasteiger partial charge is 0.356 e. The number of carbonyl (C=O) groups is 2. The van der Waals surface area contributed by atoms with Crippen LogP contribution in [0.15, 0.2) is 43.0 Å². The summed E-state index contributed by atoms with van der Waals surface area (Å²) in [5.74, 6) is 0.294. The Morgan fingerprint density at radius 3 is 2.72 bits per heavy atom. The Balaban J connectivity index is 1.48. The van der Waals surface area contributed by atoms with Gasteiger partial charge in [-0.2, -0.15) is 5.10 Å². The van der Waals surface area contributed by atoms with E-state index >= 15 is 0 Å². The first kappa shape index (κ1) is 17.1. The molecule has 0 spiro atoms. The highest BCUT2D eigenvalue weighted by Crippen LogP contribution is 2.28. The standard InChI is InChI=1S/C18H23N5O2/c24-17(7-4-10-20-18(25)15-8-9-15)22-16(11-23-13-19-12-21-23)14-5-2-1-3-6-14/h1-3,5-6,12-13,15-16H,4,7-11H2,(H,20,25)(H,22,24). The SMILES string of the molecule is O=C(CCCNC(=O)C1CC1)NC(Cn1cncn1)c1ccccc1. The van der Waals surface area contributed by atoms with E-state index in [0.717, 1.165) is 18.4 Å². The zero-order valence-electron chi connectivity index (χ0n) is 14.1. The van der Waals surface area contributed by atoms with Gasteiger partial charge in [-0.1, -0.05) is 30.3 Å². The molecule has 0 saturated heterocycles. The lowest BCUT2D eigenvalue weighted by molar-refractivity contribution is -0.124. The highest BCUT2D eigenvalue weighted by molar-refractivity contribution is 5.81. The monoisotopic (exact) mass is 341 g/mol. The number of hydrogen-bond acceptors (Lipinski definition) is 4. The van der Waals surface area contributed by atoms with Gasteiger partial charge in [0.15, 0.2) is 0 Å². The maximum Gasteiger partial charge on any atom is 0.223 e. The first-order chi connectivity index (χ1) is 12.2. The molecule has 3 rings (SSSR count). The van der Waals surface area contributed by atoms with Gasteiger partial charge in [-0.25, -0.2) is 4.98 Å². The highest BCUT2D eigenvalue weighted by Gasteiger charge is 2.29. The molecule has 0 bridgehead atoms. The summed E-state index contributed by atoms with van der Waals surface area (Å²) in [6, 6.07) is 9.64. The van der Waals surface area contributed by atoms with Gasteiger partial charge < -0.3 is 10.6 Å². The first-order valence-corrected chi connectivity index (χ1v) is 8.67. The number of carbonyl (C=O) groups excluding carboxylic acids is 2. The lowest BCUT2D eigenvalue weighted by Gasteiger charge is -2.19. The van der Waals surface area contributed by atoms with Crippen molar-refractivity contribution in [3.63, 3.8) is 0 Å². The third-order valence-electron chi connectivity index (χ3n) is 4.20. The minimum Gasteiger partial charge on any atom is -0.356 e. The van der Waals surface area contributed by atoms with E-state index in [1.54, 1.807) is 11.0 Å². The summed E-state index contributed by atoms with van der Waals surface area (Å²) in [6.07, 6.45) is 6.11. The fourth-order valence-corrected chi connectivity index (χ4v) is 2.65. The molecule has 25 heavy (non-hydrogen) atoms. The molecule has 7 nitrogen and oxygen atoms in total. The predicted molar refractivity (Wildman–Crippen MR) is 92.3 cm³/mol. The molecule has 2 aromatic rings. The zero-order chi connectivity index (χ0) is 17.5. The molecule has 132 valence electrons. The van der Waals surface area contributed by atoms with Gasteiger partial charge in [-0.3, -0.25) is 14.3 Å². The van der Waals surface area contributed by atoms with Crippen LogP contribution in [0.3, 0.4) is 0 Å². The molecule has 1 fully saturated rings. The van der Waals surface area contributed by atoms with Crippen molar-refractivity contribution in [1.82, 2.24) is 25.4 Å². The van der Waals surface area contributed by atoms with Crippen LogP contribution in [0.4, 0.5) is 0 Å². The molecule has 1 saturated carbocycles. The summed E-state index contributed by atoms with van der Waals surface area (Å²) < 4.78 is 1.70. The fourth-order valence-electron chi connectivity index (χ4n) is 2.65. The molecule has 1 heterocycles. The molecule has 0 aliphatic heterocycles. The van der Waals surface area contributed by atoms with Gasteiger partial charge in [0, 0.05) is 18.9 Å². The molecule has 1 atom stereocenters. The van der Waals surface area contributed by atoms with Crippen molar-refractivity contribution in [1.29, 1.82) is 0 Å². The van der Waals surface area contributed by atoms with Crippen molar-refractivity contribution in [2.24, 2.45) is 5.92 Å². The first-order valence-electron chi connectivity index (χ1n) is 8.67. The lowest BCUT2D eigenvalue weighted by Crippen LogP contribution is -2.32. The van der Waals surface area contributed by atoms with E-state index in [1.807, 2.05) is 30.3 Å². The van der Waals surface area contributed by atoms with Crippen molar-refractivity contribution in [2.75, 3.05) is 6.54 Å². The second-order valence-corrected chi connectivity index (χ2v) is 6.32. The molecule has 1 aliphatic carbocycles. The molecular weight excluding hydrogens is 318 g/mol. The molecule has 1 aromatic heterocycles. The van der Waals surface area contributed by atoms with Crippen molar-refractivity contribution >= 4 is 11.8 Å². The Morgan fingerprint density at radius 1 is 1.24 bits per heavy atom. The average Bonchev–Trinajstić information content (AvgIpc) is 3.36. The molecular formula is C18H23N5O2. The zero-order valence-corrected chi connectivity index (χ0v) is 14.1. The number of nitrogens with one attached hydrogen (secondary N) is 2. The number of nitrogens with zero attached hydrogens (tertiary/aromatic N) is 3. The van der Waals surface area contributed by atoms with Gasteiger partial charge in [0.05, 0.1) is 12.6 Å². The van der Waals surface area contributed by atoms with Gasteiger partial charge in [0.2, 0.25) is 11.8 Å². The van der Waals surface area contributed by atoms with Gasteiger partial charge in [-0.15, -0.1) is 0 Å². The minimum atomic E-state index is -0.170. The van der Waals surface area contributed by atoms with Crippen molar-refractivity contribution in [3.05, 3.63) is 48.5 Å². The molecule has 0 radical (unpaired) electrons. The van der Waals surface area contributed by atoms with Crippen LogP contribution in [0.25, 0.3) is 0 Å². The van der Waals surface area contributed by atoms with Crippen LogP contribution in [0, 0.1) is 5.92 Å². The van der Waals surface area contributed by atoms with E-state index in [9.17, 15) is 9.59 Å². The second kappa shape index (κ2) is 8.41. The topological polar surface area (TPSA) is 88.9 Å². The van der Waals surface area contributed by atoms with Gasteiger partial charge >= 0.3 is 0 Å². The number of amides is 2. The maximum absolute atomic E-state index is 12.3. The molecule has 1 aromatic carbocycles. The summed E-state index contributed by atoms with van der Waals surface area (Å²) in [5.41, 5.74) is 1.02. The van der Waals surface area contributed by atoms with E-state index in [0.29, 0.717) is 25.9 Å². The molecule has 1 unspecified atom stereocenters. The second-order valence-electron chi connectivity index (χ2n) is 6.32. The van der Waals surface area contributed by atoms with Crippen LogP contribution in [0.2, 0.25) is 0 Å². The fraction of sp³-hybridized carbons (Fsp3) is 0.444. The molecule has 2 amide bonds. The molecule has 2 N–H and O–H groups in total. The quantitative estimate of drug-likeness (QED) is 0.676. The van der Waals surface area contributed by atoms with E-state index in [-0.39, 0.29) is 23.8 Å². The number of hydrogen-bond donors (Lipinski definition) is 2. The Labute approximate surface area is 146 Å². The summed E-state index contributed by atoms with van der Waals surface area (Å²) in [7, 11) is 0. The van der Waals surface area contributed by atoms with E-state index in [4.69, 9.17) is 0 Å². The van der Waals surface area contributed by atoms with E-state index < -0.39 is 0 Å². The van der Waals surface area contributed by atoms with Crippen LogP contribution in [-0.4, -0.2) is 33.1 Å². The van der Waals surface area contributed by atoms with Gasteiger partial charge in [-0.05, 0) is 24.8 Å². The third-order valence-corrected chi connectivity index (χ3v) is 4.20. The smallest absolute Gasteiger partial charge is 0.223 e. The summed E-state index contributed by atoms with van der Waals surface area (Å²) in [6.45, 7) is 1.07. The number of aromatic nitrogens is 3. The minimum absolute atomic E-state index is 0.0327. The number of benzene rings is 1. The van der Waals surface area contributed by atoms with Crippen LogP contribution >= 0.6 is 0 Å². The van der Waals surface area contributed by atoms with Crippen LogP contribution in [0.1, 0.15) is 37.3 Å². The van der Waals surface area contributed by atoms with E-state index in [2.05, 4.69) is 20.7 Å². The van der Waals surface area contributed by atoms with E-state index in [1.165, 1.54) is 6.33 Å². The number of rotatable bonds is 9. The normalized spacial score (nSPS) is 14.7. The van der Waals surface area contributed by atoms with Gasteiger partial charge in [0.1, 0.15) is 12.7 Å². The van der Waals surface area contributed by atoms with Crippen molar-refractivity contribution in [3.8, 4) is 0 Å². The Morgan fingerprint density at radius 2 is 2.04 bits per heavy atom. The average molecular weight is 341 g/mol.